The number of aliphatic carboxylic acids is 1. The molecule has 3 aromatic rings. The van der Waals surface area contributed by atoms with Crippen molar-refractivity contribution in [2.24, 2.45) is 12.8 Å². The number of hydrogen-bond donors (Lipinski definition) is 4. The van der Waals surface area contributed by atoms with Gasteiger partial charge in [-0.2, -0.15) is 0 Å². The minimum Gasteiger partial charge on any atom is -0.481 e. The van der Waals surface area contributed by atoms with Gasteiger partial charge in [-0.25, -0.2) is 9.97 Å². The van der Waals surface area contributed by atoms with Crippen LogP contribution in [-0.2, 0) is 11.8 Å². The molecule has 9 heteroatoms. The number of imidazole rings is 1. The van der Waals surface area contributed by atoms with E-state index in [1.54, 1.807) is 18.2 Å². The maximum Gasteiger partial charge on any atom is 0.305 e. The van der Waals surface area contributed by atoms with E-state index < -0.39 is 11.9 Å². The van der Waals surface area contributed by atoms with E-state index in [1.807, 2.05) is 23.7 Å². The monoisotopic (exact) mass is 366 g/mol. The third kappa shape index (κ3) is 3.76. The van der Waals surface area contributed by atoms with Crippen molar-refractivity contribution in [2.45, 2.75) is 6.42 Å². The number of carboxylic acid groups (broad SMARTS) is 1. The molecule has 1 amide bonds. The second-order valence-electron chi connectivity index (χ2n) is 5.95. The lowest BCUT2D eigenvalue weighted by atomic mass is 10.1. The van der Waals surface area contributed by atoms with E-state index >= 15 is 0 Å². The average molecular weight is 366 g/mol. The highest BCUT2D eigenvalue weighted by atomic mass is 16.4. The van der Waals surface area contributed by atoms with Crippen molar-refractivity contribution in [2.75, 3.05) is 6.54 Å². The van der Waals surface area contributed by atoms with Gasteiger partial charge in [-0.05, 0) is 6.07 Å². The van der Waals surface area contributed by atoms with Gasteiger partial charge < -0.3 is 20.7 Å². The molecule has 0 saturated carbocycles. The number of amidine groups is 1. The van der Waals surface area contributed by atoms with E-state index in [2.05, 4.69) is 15.3 Å². The Labute approximate surface area is 154 Å². The van der Waals surface area contributed by atoms with Crippen molar-refractivity contribution in [1.82, 2.24) is 19.9 Å². The molecular weight excluding hydrogens is 348 g/mol. The van der Waals surface area contributed by atoms with E-state index in [4.69, 9.17) is 16.2 Å². The number of rotatable bonds is 6. The SMILES string of the molecule is Cn1c(-c2ccc(C(=N)N)cc2)nc2cc(C(=O)NCCC(=O)O)cnc21. The number of amides is 1. The third-order valence-electron chi connectivity index (χ3n) is 4.05. The summed E-state index contributed by atoms with van der Waals surface area (Å²) in [4.78, 5) is 31.5. The largest absolute Gasteiger partial charge is 0.481 e. The summed E-state index contributed by atoms with van der Waals surface area (Å²) in [6.45, 7) is 0.0438. The topological polar surface area (TPSA) is 147 Å². The Balaban J connectivity index is 1.89. The molecule has 0 aliphatic rings. The van der Waals surface area contributed by atoms with Gasteiger partial charge in [0.2, 0.25) is 0 Å². The fourth-order valence-electron chi connectivity index (χ4n) is 2.64. The molecule has 5 N–H and O–H groups in total. The Bertz CT molecular complexity index is 1040. The summed E-state index contributed by atoms with van der Waals surface area (Å²) in [5, 5.41) is 18.6. The van der Waals surface area contributed by atoms with Crippen molar-refractivity contribution in [3.8, 4) is 11.4 Å². The molecule has 2 heterocycles. The van der Waals surface area contributed by atoms with Crippen LogP contribution in [-0.4, -0.2) is 43.9 Å². The van der Waals surface area contributed by atoms with E-state index in [0.717, 1.165) is 5.56 Å². The lowest BCUT2D eigenvalue weighted by Gasteiger charge is -2.04. The minimum absolute atomic E-state index is 0.00762. The summed E-state index contributed by atoms with van der Waals surface area (Å²) >= 11 is 0. The maximum absolute atomic E-state index is 12.1. The van der Waals surface area contributed by atoms with Crippen LogP contribution in [0.25, 0.3) is 22.6 Å². The third-order valence-corrected chi connectivity index (χ3v) is 4.05. The van der Waals surface area contributed by atoms with Gasteiger partial charge >= 0.3 is 5.97 Å². The maximum atomic E-state index is 12.1. The average Bonchev–Trinajstić information content (AvgIpc) is 2.97. The van der Waals surface area contributed by atoms with Crippen LogP contribution in [0.1, 0.15) is 22.3 Å². The second kappa shape index (κ2) is 7.24. The van der Waals surface area contributed by atoms with Crippen molar-refractivity contribution < 1.29 is 14.7 Å². The van der Waals surface area contributed by atoms with Crippen LogP contribution >= 0.6 is 0 Å². The zero-order valence-corrected chi connectivity index (χ0v) is 14.6. The summed E-state index contributed by atoms with van der Waals surface area (Å²) in [6, 6.07) is 8.73. The van der Waals surface area contributed by atoms with Gasteiger partial charge in [0.05, 0.1) is 12.0 Å². The van der Waals surface area contributed by atoms with Crippen LogP contribution in [0.2, 0.25) is 0 Å². The Morgan fingerprint density at radius 2 is 1.96 bits per heavy atom. The molecule has 0 spiro atoms. The second-order valence-corrected chi connectivity index (χ2v) is 5.95. The highest BCUT2D eigenvalue weighted by molar-refractivity contribution is 5.97. The first kappa shape index (κ1) is 18.1. The number of carbonyl (C=O) groups is 2. The molecule has 27 heavy (non-hydrogen) atoms. The fraction of sp³-hybridized carbons (Fsp3) is 0.167. The lowest BCUT2D eigenvalue weighted by molar-refractivity contribution is -0.136. The van der Waals surface area contributed by atoms with Gasteiger partial charge in [-0.1, -0.05) is 24.3 Å². The molecule has 0 unspecified atom stereocenters. The fourth-order valence-corrected chi connectivity index (χ4v) is 2.64. The van der Waals surface area contributed by atoms with Gasteiger partial charge in [-0.3, -0.25) is 15.0 Å². The Morgan fingerprint density at radius 1 is 1.26 bits per heavy atom. The summed E-state index contributed by atoms with van der Waals surface area (Å²) in [5.74, 6) is -0.722. The van der Waals surface area contributed by atoms with Crippen molar-refractivity contribution in [3.05, 3.63) is 47.7 Å². The number of fused-ring (bicyclic) bond motifs is 1. The number of benzene rings is 1. The number of aryl methyl sites for hydroxylation is 1. The quantitative estimate of drug-likeness (QED) is 0.380. The van der Waals surface area contributed by atoms with Crippen molar-refractivity contribution >= 4 is 28.9 Å². The number of nitrogen functional groups attached to an aromatic ring is 1. The number of hydrogen-bond acceptors (Lipinski definition) is 5. The number of nitrogens with two attached hydrogens (primary N) is 1. The molecule has 0 atom stereocenters. The zero-order valence-electron chi connectivity index (χ0n) is 14.6. The molecule has 0 aliphatic carbocycles. The highest BCUT2D eigenvalue weighted by Gasteiger charge is 2.14. The first-order valence-electron chi connectivity index (χ1n) is 8.14. The van der Waals surface area contributed by atoms with Gasteiger partial charge in [0.15, 0.2) is 5.65 Å². The first-order chi connectivity index (χ1) is 12.9. The number of nitrogens with one attached hydrogen (secondary N) is 2. The Hall–Kier alpha value is -3.75. The van der Waals surface area contributed by atoms with Crippen LogP contribution in [0, 0.1) is 5.41 Å². The molecule has 0 aliphatic heterocycles. The summed E-state index contributed by atoms with van der Waals surface area (Å²) < 4.78 is 1.81. The first-order valence-corrected chi connectivity index (χ1v) is 8.14. The minimum atomic E-state index is -0.978. The molecule has 9 nitrogen and oxygen atoms in total. The molecule has 2 aromatic heterocycles. The van der Waals surface area contributed by atoms with Gasteiger partial charge in [0.25, 0.3) is 5.91 Å². The van der Waals surface area contributed by atoms with Crippen LogP contribution in [0.4, 0.5) is 0 Å². The van der Waals surface area contributed by atoms with E-state index in [1.165, 1.54) is 6.20 Å². The smallest absolute Gasteiger partial charge is 0.305 e. The number of aromatic nitrogens is 3. The lowest BCUT2D eigenvalue weighted by Crippen LogP contribution is -2.26. The van der Waals surface area contributed by atoms with Gasteiger partial charge in [-0.15, -0.1) is 0 Å². The van der Waals surface area contributed by atoms with Gasteiger partial charge in [0.1, 0.15) is 17.2 Å². The Kier molecular flexibility index (Phi) is 4.84. The van der Waals surface area contributed by atoms with Crippen molar-refractivity contribution in [1.29, 1.82) is 5.41 Å². The number of carbonyl (C=O) groups excluding carboxylic acids is 1. The summed E-state index contributed by atoms with van der Waals surface area (Å²) in [6.07, 6.45) is 1.29. The molecule has 138 valence electrons. The standard InChI is InChI=1S/C18H18N6O3/c1-24-16(11-4-2-10(3-5-11)15(19)20)23-13-8-12(9-22-17(13)24)18(27)21-7-6-14(25)26/h2-5,8-9H,6-7H2,1H3,(H3,19,20)(H,21,27)(H,25,26). The Morgan fingerprint density at radius 3 is 2.59 bits per heavy atom. The zero-order chi connectivity index (χ0) is 19.6. The van der Waals surface area contributed by atoms with Crippen LogP contribution < -0.4 is 11.1 Å². The molecule has 0 fully saturated rings. The molecule has 3 rings (SSSR count). The van der Waals surface area contributed by atoms with E-state index in [-0.39, 0.29) is 18.8 Å². The number of carboxylic acids is 1. The predicted octanol–water partition coefficient (Wildman–Crippen LogP) is 1.12. The molecular formula is C18H18N6O3. The van der Waals surface area contributed by atoms with Crippen molar-refractivity contribution in [3.63, 3.8) is 0 Å². The normalized spacial score (nSPS) is 10.7. The van der Waals surface area contributed by atoms with Crippen LogP contribution in [0.3, 0.4) is 0 Å². The van der Waals surface area contributed by atoms with Crippen LogP contribution in [0.5, 0.6) is 0 Å². The predicted molar refractivity (Wildman–Crippen MR) is 99.5 cm³/mol. The molecule has 1 aromatic carbocycles. The molecule has 0 radical (unpaired) electrons. The molecule has 0 bridgehead atoms. The van der Waals surface area contributed by atoms with E-state index in [9.17, 15) is 9.59 Å². The van der Waals surface area contributed by atoms with E-state index in [0.29, 0.717) is 28.1 Å². The number of pyridine rings is 1. The highest BCUT2D eigenvalue weighted by Crippen LogP contribution is 2.23. The number of nitrogens with zero attached hydrogens (tertiary/aromatic N) is 3. The molecule has 0 saturated heterocycles. The summed E-state index contributed by atoms with van der Waals surface area (Å²) in [5.41, 5.74) is 8.39. The van der Waals surface area contributed by atoms with Gasteiger partial charge in [0, 0.05) is 30.9 Å². The summed E-state index contributed by atoms with van der Waals surface area (Å²) in [7, 11) is 1.82. The van der Waals surface area contributed by atoms with Crippen LogP contribution in [0.15, 0.2) is 36.5 Å².